The first-order valence-corrected chi connectivity index (χ1v) is 5.20. The fourth-order valence-electron chi connectivity index (χ4n) is 1.62. The fourth-order valence-corrected chi connectivity index (χ4v) is 1.62. The maximum Gasteiger partial charge on any atom is 0.416 e. The molecule has 2 aromatic rings. The first-order chi connectivity index (χ1) is 8.91. The van der Waals surface area contributed by atoms with Crippen LogP contribution in [0.2, 0.25) is 0 Å². The summed E-state index contributed by atoms with van der Waals surface area (Å²) < 4.78 is 50.1. The number of aldehydes is 1. The van der Waals surface area contributed by atoms with Crippen molar-refractivity contribution in [2.75, 3.05) is 0 Å². The number of hydrogen-bond acceptors (Lipinski definition) is 2. The van der Waals surface area contributed by atoms with E-state index in [2.05, 4.69) is 4.98 Å². The van der Waals surface area contributed by atoms with Crippen LogP contribution in [0, 0.1) is 5.95 Å². The molecule has 19 heavy (non-hydrogen) atoms. The Morgan fingerprint density at radius 2 is 1.74 bits per heavy atom. The summed E-state index contributed by atoms with van der Waals surface area (Å²) in [7, 11) is 0. The van der Waals surface area contributed by atoms with Crippen molar-refractivity contribution < 1.29 is 22.4 Å². The molecule has 0 fully saturated rings. The van der Waals surface area contributed by atoms with Gasteiger partial charge in [0.15, 0.2) is 6.29 Å². The molecule has 0 unspecified atom stereocenters. The van der Waals surface area contributed by atoms with Gasteiger partial charge in [-0.25, -0.2) is 4.98 Å². The van der Waals surface area contributed by atoms with Crippen LogP contribution >= 0.6 is 0 Å². The third-order valence-electron chi connectivity index (χ3n) is 2.55. The molecule has 0 radical (unpaired) electrons. The van der Waals surface area contributed by atoms with Gasteiger partial charge in [0.1, 0.15) is 0 Å². The number of benzene rings is 1. The molecule has 0 amide bonds. The van der Waals surface area contributed by atoms with E-state index in [-0.39, 0.29) is 11.1 Å². The molecule has 2 nitrogen and oxygen atoms in total. The third-order valence-corrected chi connectivity index (χ3v) is 2.55. The SMILES string of the molecule is O=Cc1cc(F)ncc1-c1ccc(C(F)(F)F)cc1. The summed E-state index contributed by atoms with van der Waals surface area (Å²) in [5.41, 5.74) is -0.112. The van der Waals surface area contributed by atoms with E-state index < -0.39 is 17.7 Å². The van der Waals surface area contributed by atoms with E-state index in [0.717, 1.165) is 24.4 Å². The van der Waals surface area contributed by atoms with E-state index in [4.69, 9.17) is 0 Å². The molecule has 0 saturated heterocycles. The van der Waals surface area contributed by atoms with Gasteiger partial charge < -0.3 is 0 Å². The van der Waals surface area contributed by atoms with E-state index in [1.807, 2.05) is 0 Å². The number of nitrogens with zero attached hydrogens (tertiary/aromatic N) is 1. The Kier molecular flexibility index (Phi) is 3.33. The van der Waals surface area contributed by atoms with Crippen molar-refractivity contribution in [3.8, 4) is 11.1 Å². The molecule has 6 heteroatoms. The van der Waals surface area contributed by atoms with Crippen LogP contribution in [0.4, 0.5) is 17.6 Å². The molecule has 0 N–H and O–H groups in total. The van der Waals surface area contributed by atoms with Gasteiger partial charge in [-0.2, -0.15) is 17.6 Å². The highest BCUT2D eigenvalue weighted by atomic mass is 19.4. The highest BCUT2D eigenvalue weighted by Gasteiger charge is 2.30. The van der Waals surface area contributed by atoms with Crippen molar-refractivity contribution >= 4 is 6.29 Å². The minimum Gasteiger partial charge on any atom is -0.298 e. The highest BCUT2D eigenvalue weighted by molar-refractivity contribution is 5.87. The van der Waals surface area contributed by atoms with Crippen molar-refractivity contribution in [1.82, 2.24) is 4.98 Å². The van der Waals surface area contributed by atoms with Crippen molar-refractivity contribution in [3.05, 3.63) is 53.6 Å². The number of hydrogen-bond donors (Lipinski definition) is 0. The van der Waals surface area contributed by atoms with Gasteiger partial charge in [-0.15, -0.1) is 0 Å². The predicted octanol–water partition coefficient (Wildman–Crippen LogP) is 3.72. The smallest absolute Gasteiger partial charge is 0.298 e. The first kappa shape index (κ1) is 13.2. The Morgan fingerprint density at radius 3 is 2.26 bits per heavy atom. The molecule has 1 aromatic carbocycles. The van der Waals surface area contributed by atoms with Gasteiger partial charge in [-0.1, -0.05) is 12.1 Å². The molecule has 0 saturated carbocycles. The highest BCUT2D eigenvalue weighted by Crippen LogP contribution is 2.31. The van der Waals surface area contributed by atoms with Crippen molar-refractivity contribution in [2.24, 2.45) is 0 Å². The minimum atomic E-state index is -4.42. The van der Waals surface area contributed by atoms with Crippen molar-refractivity contribution in [1.29, 1.82) is 0 Å². The second-order valence-electron chi connectivity index (χ2n) is 3.79. The quantitative estimate of drug-likeness (QED) is 0.472. The second-order valence-corrected chi connectivity index (χ2v) is 3.79. The van der Waals surface area contributed by atoms with Crippen LogP contribution in [-0.4, -0.2) is 11.3 Å². The van der Waals surface area contributed by atoms with E-state index in [1.54, 1.807) is 0 Å². The number of pyridine rings is 1. The van der Waals surface area contributed by atoms with Crippen LogP contribution in [0.3, 0.4) is 0 Å². The van der Waals surface area contributed by atoms with Gasteiger partial charge >= 0.3 is 6.18 Å². The Morgan fingerprint density at radius 1 is 1.11 bits per heavy atom. The Labute approximate surface area is 105 Å². The summed E-state index contributed by atoms with van der Waals surface area (Å²) in [6, 6.07) is 5.15. The molecule has 2 rings (SSSR count). The summed E-state index contributed by atoms with van der Waals surface area (Å²) >= 11 is 0. The van der Waals surface area contributed by atoms with Crippen LogP contribution in [0.15, 0.2) is 36.5 Å². The number of alkyl halides is 3. The van der Waals surface area contributed by atoms with Crippen LogP contribution in [-0.2, 0) is 6.18 Å². The zero-order valence-corrected chi connectivity index (χ0v) is 9.41. The maximum atomic E-state index is 12.9. The van der Waals surface area contributed by atoms with Gasteiger partial charge in [0.05, 0.1) is 5.56 Å². The minimum absolute atomic E-state index is 0.0345. The average Bonchev–Trinajstić information content (AvgIpc) is 2.37. The molecule has 1 aromatic heterocycles. The van der Waals surface area contributed by atoms with E-state index in [9.17, 15) is 22.4 Å². The second kappa shape index (κ2) is 4.79. The van der Waals surface area contributed by atoms with Crippen molar-refractivity contribution in [3.63, 3.8) is 0 Å². The standard InChI is InChI=1S/C13H7F4NO/c14-12-5-9(7-19)11(6-18-12)8-1-3-10(4-2-8)13(15,16)17/h1-7H. The summed E-state index contributed by atoms with van der Waals surface area (Å²) in [5, 5.41) is 0. The average molecular weight is 269 g/mol. The van der Waals surface area contributed by atoms with E-state index >= 15 is 0 Å². The molecular weight excluding hydrogens is 262 g/mol. The summed E-state index contributed by atoms with van der Waals surface area (Å²) in [5.74, 6) is -0.822. The molecule has 0 aliphatic carbocycles. The summed E-state index contributed by atoms with van der Waals surface area (Å²) in [4.78, 5) is 14.2. The lowest BCUT2D eigenvalue weighted by atomic mass is 10.0. The monoisotopic (exact) mass is 269 g/mol. The van der Waals surface area contributed by atoms with Gasteiger partial charge in [0, 0.05) is 23.4 Å². The number of aromatic nitrogens is 1. The summed E-state index contributed by atoms with van der Waals surface area (Å²) in [6.45, 7) is 0. The first-order valence-electron chi connectivity index (χ1n) is 5.20. The molecule has 0 atom stereocenters. The molecule has 0 aliphatic rings. The van der Waals surface area contributed by atoms with E-state index in [0.29, 0.717) is 11.8 Å². The topological polar surface area (TPSA) is 30.0 Å². The molecule has 0 aliphatic heterocycles. The largest absolute Gasteiger partial charge is 0.416 e. The van der Waals surface area contributed by atoms with Gasteiger partial charge in [-0.3, -0.25) is 4.79 Å². The zero-order valence-electron chi connectivity index (χ0n) is 9.41. The molecule has 0 bridgehead atoms. The lowest BCUT2D eigenvalue weighted by Gasteiger charge is -2.08. The maximum absolute atomic E-state index is 12.9. The molecule has 98 valence electrons. The number of carbonyl (C=O) groups excluding carboxylic acids is 1. The van der Waals surface area contributed by atoms with Crippen molar-refractivity contribution in [2.45, 2.75) is 6.18 Å². The fraction of sp³-hybridized carbons (Fsp3) is 0.0769. The Hall–Kier alpha value is -2.24. The van der Waals surface area contributed by atoms with Gasteiger partial charge in [0.25, 0.3) is 0 Å². The lowest BCUT2D eigenvalue weighted by molar-refractivity contribution is -0.137. The predicted molar refractivity (Wildman–Crippen MR) is 60.0 cm³/mol. The lowest BCUT2D eigenvalue weighted by Crippen LogP contribution is -2.04. The van der Waals surface area contributed by atoms with E-state index in [1.165, 1.54) is 12.1 Å². The number of rotatable bonds is 2. The number of carbonyl (C=O) groups is 1. The van der Waals surface area contributed by atoms with Gasteiger partial charge in [-0.05, 0) is 17.7 Å². The molecule has 1 heterocycles. The van der Waals surface area contributed by atoms with Crippen LogP contribution in [0.25, 0.3) is 11.1 Å². The normalized spacial score (nSPS) is 11.4. The summed E-state index contributed by atoms with van der Waals surface area (Å²) in [6.07, 6.45) is -2.88. The van der Waals surface area contributed by atoms with Crippen LogP contribution in [0.1, 0.15) is 15.9 Å². The van der Waals surface area contributed by atoms with Crippen LogP contribution < -0.4 is 0 Å². The van der Waals surface area contributed by atoms with Crippen LogP contribution in [0.5, 0.6) is 0 Å². The Bertz CT molecular complexity index is 605. The number of halogens is 4. The molecule has 0 spiro atoms. The molecular formula is C13H7F4NO. The Balaban J connectivity index is 2.46. The zero-order chi connectivity index (χ0) is 14.0. The van der Waals surface area contributed by atoms with Gasteiger partial charge in [0.2, 0.25) is 5.95 Å². The third kappa shape index (κ3) is 2.78.